The number of halogens is 1. The maximum absolute atomic E-state index is 5.48. The van der Waals surface area contributed by atoms with Crippen molar-refractivity contribution in [2.45, 2.75) is 12.8 Å². The van der Waals surface area contributed by atoms with Crippen molar-refractivity contribution in [1.29, 1.82) is 0 Å². The minimum absolute atomic E-state index is 0.756. The molecule has 0 atom stereocenters. The minimum Gasteiger partial charge on any atom is -0.360 e. The van der Waals surface area contributed by atoms with Crippen LogP contribution in [-0.4, -0.2) is 11.5 Å². The molecule has 2 aromatic rings. The van der Waals surface area contributed by atoms with E-state index in [1.807, 2.05) is 6.20 Å². The third kappa shape index (κ3) is 1.83. The Balaban J connectivity index is 2.32. The van der Waals surface area contributed by atoms with Gasteiger partial charge in [0.15, 0.2) is 0 Å². The average Bonchev–Trinajstić information content (AvgIpc) is 2.57. The summed E-state index contributed by atoms with van der Waals surface area (Å²) in [5, 5.41) is 1.24. The lowest BCUT2D eigenvalue weighted by atomic mass is 10.1. The number of hydrogen-bond acceptors (Lipinski definition) is 1. The highest BCUT2D eigenvalue weighted by Gasteiger charge is 2.01. The number of fused-ring (bicyclic) bond motifs is 1. The van der Waals surface area contributed by atoms with Crippen molar-refractivity contribution in [3.8, 4) is 0 Å². The Labute approximate surface area is 91.6 Å². The molecular weight excluding hydrogens is 240 g/mol. The molecule has 1 aromatic carbocycles. The summed E-state index contributed by atoms with van der Waals surface area (Å²) in [7, 11) is 0. The lowest BCUT2D eigenvalue weighted by molar-refractivity contribution is 0.833. The predicted octanol–water partition coefficient (Wildman–Crippen LogP) is 2.82. The molecule has 0 fully saturated rings. The Bertz CT molecular complexity index is 434. The lowest BCUT2D eigenvalue weighted by Crippen LogP contribution is -2.00. The molecular formula is C11H13BrN2. The number of aryl methyl sites for hydroxylation is 1. The number of aromatic nitrogens is 1. The van der Waals surface area contributed by atoms with Crippen LogP contribution in [0, 0.1) is 0 Å². The molecule has 0 bridgehead atoms. The zero-order chi connectivity index (χ0) is 9.97. The highest BCUT2D eigenvalue weighted by atomic mass is 79.9. The number of nitrogens with two attached hydrogens (primary N) is 1. The number of rotatable bonds is 3. The molecule has 14 heavy (non-hydrogen) atoms. The van der Waals surface area contributed by atoms with Crippen LogP contribution in [0.4, 0.5) is 0 Å². The van der Waals surface area contributed by atoms with Crippen LogP contribution < -0.4 is 5.73 Å². The van der Waals surface area contributed by atoms with Crippen LogP contribution in [-0.2, 0) is 6.42 Å². The van der Waals surface area contributed by atoms with E-state index < -0.39 is 0 Å². The van der Waals surface area contributed by atoms with E-state index in [2.05, 4.69) is 39.1 Å². The van der Waals surface area contributed by atoms with Crippen molar-refractivity contribution in [1.82, 2.24) is 4.98 Å². The molecule has 0 radical (unpaired) electrons. The van der Waals surface area contributed by atoms with Crippen molar-refractivity contribution in [2.75, 3.05) is 6.54 Å². The number of H-pyrrole nitrogens is 1. The molecule has 2 nitrogen and oxygen atoms in total. The maximum Gasteiger partial charge on any atom is 0.0468 e. The van der Waals surface area contributed by atoms with Crippen molar-refractivity contribution in [3.63, 3.8) is 0 Å². The molecule has 0 aliphatic rings. The van der Waals surface area contributed by atoms with Gasteiger partial charge in [-0.25, -0.2) is 0 Å². The van der Waals surface area contributed by atoms with Gasteiger partial charge in [-0.2, -0.15) is 0 Å². The van der Waals surface area contributed by atoms with E-state index in [4.69, 9.17) is 5.73 Å². The summed E-state index contributed by atoms with van der Waals surface area (Å²) in [6, 6.07) is 6.49. The molecule has 0 saturated carbocycles. The lowest BCUT2D eigenvalue weighted by Gasteiger charge is -1.99. The summed E-state index contributed by atoms with van der Waals surface area (Å²) < 4.78 is 1.12. The van der Waals surface area contributed by atoms with Gasteiger partial charge >= 0.3 is 0 Å². The SMILES string of the molecule is NCCCc1ccc2c(Br)c[nH]c2c1. The van der Waals surface area contributed by atoms with E-state index >= 15 is 0 Å². The van der Waals surface area contributed by atoms with Gasteiger partial charge in [0.2, 0.25) is 0 Å². The van der Waals surface area contributed by atoms with E-state index in [1.165, 1.54) is 16.5 Å². The van der Waals surface area contributed by atoms with Crippen LogP contribution in [0.2, 0.25) is 0 Å². The molecule has 0 amide bonds. The van der Waals surface area contributed by atoms with Crippen molar-refractivity contribution < 1.29 is 0 Å². The first kappa shape index (κ1) is 9.74. The van der Waals surface area contributed by atoms with Crippen molar-refractivity contribution in [3.05, 3.63) is 34.4 Å². The first-order valence-corrected chi connectivity index (χ1v) is 5.56. The maximum atomic E-state index is 5.48. The smallest absolute Gasteiger partial charge is 0.0468 e. The van der Waals surface area contributed by atoms with Gasteiger partial charge in [0.05, 0.1) is 0 Å². The Morgan fingerprint density at radius 2 is 2.21 bits per heavy atom. The standard InChI is InChI=1S/C11H13BrN2/c12-10-7-14-11-6-8(2-1-5-13)3-4-9(10)11/h3-4,6-7,14H,1-2,5,13H2. The van der Waals surface area contributed by atoms with Gasteiger partial charge in [0, 0.05) is 21.6 Å². The summed E-state index contributed by atoms with van der Waals surface area (Å²) in [6.45, 7) is 0.756. The van der Waals surface area contributed by atoms with Gasteiger partial charge in [-0.3, -0.25) is 0 Å². The third-order valence-corrected chi connectivity index (χ3v) is 3.02. The second-order valence-corrected chi connectivity index (χ2v) is 4.26. The van der Waals surface area contributed by atoms with Gasteiger partial charge in [-0.15, -0.1) is 0 Å². The van der Waals surface area contributed by atoms with Gasteiger partial charge in [0.1, 0.15) is 0 Å². The van der Waals surface area contributed by atoms with E-state index in [0.29, 0.717) is 0 Å². The van der Waals surface area contributed by atoms with E-state index in [1.54, 1.807) is 0 Å². The summed E-state index contributed by atoms with van der Waals surface area (Å²) in [6.07, 6.45) is 4.08. The number of aromatic amines is 1. The first-order valence-electron chi connectivity index (χ1n) is 4.77. The number of benzene rings is 1. The average molecular weight is 253 g/mol. The van der Waals surface area contributed by atoms with Crippen LogP contribution in [0.15, 0.2) is 28.9 Å². The zero-order valence-electron chi connectivity index (χ0n) is 7.89. The molecule has 3 heteroatoms. The zero-order valence-corrected chi connectivity index (χ0v) is 9.47. The molecule has 2 rings (SSSR count). The summed E-state index contributed by atoms with van der Waals surface area (Å²) in [5.74, 6) is 0. The van der Waals surface area contributed by atoms with Crippen molar-refractivity contribution >= 4 is 26.8 Å². The summed E-state index contributed by atoms with van der Waals surface area (Å²) in [5.41, 5.74) is 8.01. The van der Waals surface area contributed by atoms with E-state index in [-0.39, 0.29) is 0 Å². The fraction of sp³-hybridized carbons (Fsp3) is 0.273. The van der Waals surface area contributed by atoms with Crippen LogP contribution in [0.5, 0.6) is 0 Å². The molecule has 0 spiro atoms. The molecule has 1 heterocycles. The normalized spacial score (nSPS) is 11.0. The highest BCUT2D eigenvalue weighted by Crippen LogP contribution is 2.24. The largest absolute Gasteiger partial charge is 0.360 e. The first-order chi connectivity index (χ1) is 6.81. The highest BCUT2D eigenvalue weighted by molar-refractivity contribution is 9.10. The second kappa shape index (κ2) is 4.15. The van der Waals surface area contributed by atoms with E-state index in [9.17, 15) is 0 Å². The van der Waals surface area contributed by atoms with E-state index in [0.717, 1.165) is 23.9 Å². The Morgan fingerprint density at radius 3 is 3.00 bits per heavy atom. The van der Waals surface area contributed by atoms with Crippen LogP contribution in [0.25, 0.3) is 10.9 Å². The number of hydrogen-bond donors (Lipinski definition) is 2. The fourth-order valence-electron chi connectivity index (χ4n) is 1.60. The topological polar surface area (TPSA) is 41.8 Å². The second-order valence-electron chi connectivity index (χ2n) is 3.41. The monoisotopic (exact) mass is 252 g/mol. The van der Waals surface area contributed by atoms with Crippen LogP contribution in [0.1, 0.15) is 12.0 Å². The van der Waals surface area contributed by atoms with Crippen LogP contribution in [0.3, 0.4) is 0 Å². The Morgan fingerprint density at radius 1 is 1.36 bits per heavy atom. The molecule has 1 aromatic heterocycles. The third-order valence-electron chi connectivity index (χ3n) is 2.37. The Hall–Kier alpha value is -0.800. The summed E-state index contributed by atoms with van der Waals surface area (Å²) >= 11 is 3.49. The fourth-order valence-corrected chi connectivity index (χ4v) is 2.06. The van der Waals surface area contributed by atoms with Crippen LogP contribution >= 0.6 is 15.9 Å². The molecule has 0 aliphatic heterocycles. The number of nitrogens with one attached hydrogen (secondary N) is 1. The van der Waals surface area contributed by atoms with Gasteiger partial charge in [-0.1, -0.05) is 12.1 Å². The Kier molecular flexibility index (Phi) is 2.89. The van der Waals surface area contributed by atoms with Gasteiger partial charge in [0.25, 0.3) is 0 Å². The molecule has 0 unspecified atom stereocenters. The molecule has 74 valence electrons. The predicted molar refractivity (Wildman–Crippen MR) is 63.4 cm³/mol. The molecule has 0 aliphatic carbocycles. The molecule has 3 N–H and O–H groups in total. The van der Waals surface area contributed by atoms with Gasteiger partial charge < -0.3 is 10.7 Å². The molecule has 0 saturated heterocycles. The van der Waals surface area contributed by atoms with Gasteiger partial charge in [-0.05, 0) is 46.9 Å². The minimum atomic E-state index is 0.756. The van der Waals surface area contributed by atoms with Crippen molar-refractivity contribution in [2.24, 2.45) is 5.73 Å². The summed E-state index contributed by atoms with van der Waals surface area (Å²) in [4.78, 5) is 3.23. The quantitative estimate of drug-likeness (QED) is 0.867.